The van der Waals surface area contributed by atoms with Gasteiger partial charge in [-0.25, -0.2) is 8.42 Å². The van der Waals surface area contributed by atoms with Crippen molar-refractivity contribution in [1.29, 1.82) is 0 Å². The highest BCUT2D eigenvalue weighted by atomic mass is 32.2. The van der Waals surface area contributed by atoms with Gasteiger partial charge in [0.2, 0.25) is 0 Å². The highest BCUT2D eigenvalue weighted by molar-refractivity contribution is 7.94. The maximum absolute atomic E-state index is 12.7. The number of hydrogen-bond acceptors (Lipinski definition) is 2. The Labute approximate surface area is 127 Å². The van der Waals surface area contributed by atoms with Crippen LogP contribution < -0.4 is 0 Å². The van der Waals surface area contributed by atoms with Crippen LogP contribution in [0, 0.1) is 34.6 Å². The van der Waals surface area contributed by atoms with E-state index >= 15 is 0 Å². The maximum atomic E-state index is 12.7. The minimum Gasteiger partial charge on any atom is -0.572 e. The molecule has 0 unspecified atom stereocenters. The van der Waals surface area contributed by atoms with Crippen LogP contribution in [0.15, 0.2) is 35.2 Å². The zero-order valence-corrected chi connectivity index (χ0v) is 13.9. The highest BCUT2D eigenvalue weighted by Crippen LogP contribution is 2.34. The van der Waals surface area contributed by atoms with Gasteiger partial charge in [0, 0.05) is 0 Å². The normalized spacial score (nSPS) is 11.5. The van der Waals surface area contributed by atoms with Crippen molar-refractivity contribution >= 4 is 15.7 Å². The lowest BCUT2D eigenvalue weighted by atomic mass is 10.1. The summed E-state index contributed by atoms with van der Waals surface area (Å²) in [6.45, 7) is 9.41. The van der Waals surface area contributed by atoms with Gasteiger partial charge < -0.3 is 4.72 Å². The van der Waals surface area contributed by atoms with Gasteiger partial charge in [-0.3, -0.25) is 0 Å². The summed E-state index contributed by atoms with van der Waals surface area (Å²) in [5.41, 5.74) is 4.96. The molecule has 3 nitrogen and oxygen atoms in total. The SMILES string of the molecule is Cc1cc(C)c(S(=O)(=O)[N-]c2cccc(C)c2C)c(C)c1. The lowest BCUT2D eigenvalue weighted by Crippen LogP contribution is -2.04. The number of rotatable bonds is 3. The van der Waals surface area contributed by atoms with Crippen molar-refractivity contribution in [3.05, 3.63) is 62.9 Å². The molecule has 0 aliphatic rings. The Bertz CT molecular complexity index is 769. The molecule has 4 heteroatoms. The summed E-state index contributed by atoms with van der Waals surface area (Å²) < 4.78 is 29.3. The third kappa shape index (κ3) is 3.10. The van der Waals surface area contributed by atoms with Crippen molar-refractivity contribution in [2.75, 3.05) is 0 Å². The van der Waals surface area contributed by atoms with Gasteiger partial charge in [-0.15, -0.1) is 5.69 Å². The number of aryl methyl sites for hydroxylation is 4. The topological polar surface area (TPSA) is 48.2 Å². The van der Waals surface area contributed by atoms with Gasteiger partial charge in [0.15, 0.2) is 0 Å². The van der Waals surface area contributed by atoms with E-state index in [-0.39, 0.29) is 0 Å². The van der Waals surface area contributed by atoms with Crippen LogP contribution in [0.1, 0.15) is 27.8 Å². The van der Waals surface area contributed by atoms with E-state index in [1.807, 2.05) is 58.9 Å². The Morgan fingerprint density at radius 3 is 2.00 bits per heavy atom. The molecule has 2 aromatic rings. The average molecular weight is 302 g/mol. The van der Waals surface area contributed by atoms with Gasteiger partial charge >= 0.3 is 0 Å². The van der Waals surface area contributed by atoms with E-state index in [2.05, 4.69) is 4.72 Å². The molecule has 2 rings (SSSR count). The van der Waals surface area contributed by atoms with Crippen molar-refractivity contribution in [3.63, 3.8) is 0 Å². The second-order valence-corrected chi connectivity index (χ2v) is 7.05. The lowest BCUT2D eigenvalue weighted by Gasteiger charge is -2.27. The number of nitrogens with zero attached hydrogens (tertiary/aromatic N) is 1. The number of sulfonamides is 1. The van der Waals surface area contributed by atoms with E-state index in [0.717, 1.165) is 27.8 Å². The Morgan fingerprint density at radius 2 is 1.43 bits per heavy atom. The van der Waals surface area contributed by atoms with Crippen molar-refractivity contribution < 1.29 is 8.42 Å². The van der Waals surface area contributed by atoms with Crippen LogP contribution in [0.5, 0.6) is 0 Å². The van der Waals surface area contributed by atoms with E-state index in [1.165, 1.54) is 0 Å². The minimum absolute atomic E-state index is 0.314. The fourth-order valence-electron chi connectivity index (χ4n) is 2.58. The first-order valence-corrected chi connectivity index (χ1v) is 8.28. The summed E-state index contributed by atoms with van der Waals surface area (Å²) >= 11 is 0. The maximum Gasteiger partial charge on any atom is 0.123 e. The molecule has 0 spiro atoms. The molecular weight excluding hydrogens is 282 g/mol. The van der Waals surface area contributed by atoms with Gasteiger partial charge in [-0.2, -0.15) is 0 Å². The van der Waals surface area contributed by atoms with Crippen molar-refractivity contribution in [3.8, 4) is 0 Å². The summed E-state index contributed by atoms with van der Waals surface area (Å²) in [7, 11) is -3.71. The Kier molecular flexibility index (Phi) is 4.10. The molecule has 0 aromatic heterocycles. The van der Waals surface area contributed by atoms with Crippen molar-refractivity contribution in [2.24, 2.45) is 0 Å². The summed E-state index contributed by atoms with van der Waals surface area (Å²) in [6, 6.07) is 9.25. The largest absolute Gasteiger partial charge is 0.572 e. The standard InChI is InChI=1S/C17H20NO2S/c1-11-9-13(3)17(14(4)10-11)21(19,20)18-16-8-6-7-12(2)15(16)5/h6-10H,1-5H3/q-1. The molecule has 21 heavy (non-hydrogen) atoms. The summed E-state index contributed by atoms with van der Waals surface area (Å²) in [5, 5.41) is 0. The first-order valence-electron chi connectivity index (χ1n) is 6.84. The van der Waals surface area contributed by atoms with Crippen LogP contribution >= 0.6 is 0 Å². The predicted molar refractivity (Wildman–Crippen MR) is 86.8 cm³/mol. The van der Waals surface area contributed by atoms with E-state index in [9.17, 15) is 8.42 Å². The molecule has 0 heterocycles. The van der Waals surface area contributed by atoms with E-state index in [0.29, 0.717) is 10.6 Å². The molecule has 0 saturated heterocycles. The molecule has 0 N–H and O–H groups in total. The predicted octanol–water partition coefficient (Wildman–Crippen LogP) is 4.62. The molecule has 0 bridgehead atoms. The van der Waals surface area contributed by atoms with Crippen LogP contribution in [-0.2, 0) is 10.0 Å². The molecule has 0 amide bonds. The Morgan fingerprint density at radius 1 is 0.857 bits per heavy atom. The van der Waals surface area contributed by atoms with E-state index in [1.54, 1.807) is 6.07 Å². The third-order valence-corrected chi connectivity index (χ3v) is 5.25. The molecule has 0 fully saturated rings. The molecule has 0 atom stereocenters. The van der Waals surface area contributed by atoms with Gasteiger partial charge in [0.1, 0.15) is 10.0 Å². The molecular formula is C17H20NO2S-. The fourth-order valence-corrected chi connectivity index (χ4v) is 4.06. The van der Waals surface area contributed by atoms with Crippen LogP contribution in [-0.4, -0.2) is 8.42 Å². The van der Waals surface area contributed by atoms with Crippen LogP contribution in [0.25, 0.3) is 4.72 Å². The average Bonchev–Trinajstić information content (AvgIpc) is 2.33. The Hall–Kier alpha value is -1.81. The monoisotopic (exact) mass is 302 g/mol. The Balaban J connectivity index is 2.51. The summed E-state index contributed by atoms with van der Waals surface area (Å²) in [5.74, 6) is 0. The zero-order chi connectivity index (χ0) is 15.8. The first-order chi connectivity index (χ1) is 9.72. The highest BCUT2D eigenvalue weighted by Gasteiger charge is 2.13. The fraction of sp³-hybridized carbons (Fsp3) is 0.294. The van der Waals surface area contributed by atoms with Crippen LogP contribution in [0.2, 0.25) is 0 Å². The summed E-state index contributed by atoms with van der Waals surface area (Å²) in [4.78, 5) is 0.314. The molecule has 112 valence electrons. The molecule has 0 aliphatic carbocycles. The van der Waals surface area contributed by atoms with Crippen LogP contribution in [0.3, 0.4) is 0 Å². The third-order valence-electron chi connectivity index (χ3n) is 3.66. The summed E-state index contributed by atoms with van der Waals surface area (Å²) in [6.07, 6.45) is 0. The van der Waals surface area contributed by atoms with Crippen molar-refractivity contribution in [2.45, 2.75) is 39.5 Å². The number of benzene rings is 2. The molecule has 2 aromatic carbocycles. The van der Waals surface area contributed by atoms with E-state index < -0.39 is 10.0 Å². The number of hydrogen-bond donors (Lipinski definition) is 0. The smallest absolute Gasteiger partial charge is 0.123 e. The van der Waals surface area contributed by atoms with Gasteiger partial charge in [-0.05, 0) is 51.3 Å². The van der Waals surface area contributed by atoms with Gasteiger partial charge in [0.05, 0.1) is 4.90 Å². The van der Waals surface area contributed by atoms with Crippen molar-refractivity contribution in [1.82, 2.24) is 0 Å². The second-order valence-electron chi connectivity index (χ2n) is 5.51. The molecule has 0 aliphatic heterocycles. The van der Waals surface area contributed by atoms with Gasteiger partial charge in [-0.1, -0.05) is 41.5 Å². The van der Waals surface area contributed by atoms with E-state index in [4.69, 9.17) is 0 Å². The first kappa shape index (κ1) is 15.6. The lowest BCUT2D eigenvalue weighted by molar-refractivity contribution is 0.602. The molecule has 0 radical (unpaired) electrons. The van der Waals surface area contributed by atoms with Gasteiger partial charge in [0.25, 0.3) is 0 Å². The zero-order valence-electron chi connectivity index (χ0n) is 13.1. The quantitative estimate of drug-likeness (QED) is 0.830. The second kappa shape index (κ2) is 5.53. The molecule has 0 saturated carbocycles. The minimum atomic E-state index is -3.71. The van der Waals surface area contributed by atoms with Crippen LogP contribution in [0.4, 0.5) is 5.69 Å².